The van der Waals surface area contributed by atoms with E-state index < -0.39 is 0 Å². The second kappa shape index (κ2) is 9.31. The Morgan fingerprint density at radius 1 is 1.04 bits per heavy atom. The molecule has 1 aromatic heterocycles. The Kier molecular flexibility index (Phi) is 6.82. The van der Waals surface area contributed by atoms with Crippen LogP contribution in [0.2, 0.25) is 0 Å². The van der Waals surface area contributed by atoms with Crippen molar-refractivity contribution in [1.82, 2.24) is 10.2 Å². The number of halogens is 1. The zero-order valence-corrected chi connectivity index (χ0v) is 18.4. The molecule has 3 rings (SSSR count). The lowest BCUT2D eigenvalue weighted by molar-refractivity contribution is -0.113. The molecule has 0 spiro atoms. The van der Waals surface area contributed by atoms with E-state index in [1.54, 1.807) is 6.07 Å². The van der Waals surface area contributed by atoms with Crippen molar-refractivity contribution in [3.63, 3.8) is 0 Å². The van der Waals surface area contributed by atoms with E-state index in [0.717, 1.165) is 21.3 Å². The number of aryl methyl sites for hydroxylation is 2. The van der Waals surface area contributed by atoms with Crippen LogP contribution in [0.25, 0.3) is 0 Å². The van der Waals surface area contributed by atoms with E-state index in [4.69, 9.17) is 0 Å². The number of hydrogen-bond acceptors (Lipinski definition) is 6. The van der Waals surface area contributed by atoms with Crippen LogP contribution < -0.4 is 10.6 Å². The van der Waals surface area contributed by atoms with Gasteiger partial charge in [-0.15, -0.1) is 10.2 Å². The highest BCUT2D eigenvalue weighted by molar-refractivity contribution is 9.10. The predicted molar refractivity (Wildman–Crippen MR) is 117 cm³/mol. The summed E-state index contributed by atoms with van der Waals surface area (Å²) in [5.74, 6) is -0.164. The maximum absolute atomic E-state index is 12.3. The zero-order valence-electron chi connectivity index (χ0n) is 15.2. The monoisotopic (exact) mass is 476 g/mol. The van der Waals surface area contributed by atoms with Crippen LogP contribution in [0.3, 0.4) is 0 Å². The average molecular weight is 477 g/mol. The third-order valence-electron chi connectivity index (χ3n) is 3.85. The molecule has 0 bridgehead atoms. The lowest BCUT2D eigenvalue weighted by atomic mass is 10.1. The summed E-state index contributed by atoms with van der Waals surface area (Å²) in [6, 6.07) is 12.9. The first kappa shape index (κ1) is 20.5. The van der Waals surface area contributed by atoms with Crippen molar-refractivity contribution in [3.05, 3.63) is 63.6 Å². The van der Waals surface area contributed by atoms with E-state index >= 15 is 0 Å². The maximum Gasteiger partial charge on any atom is 0.257 e. The van der Waals surface area contributed by atoms with Crippen LogP contribution in [0.5, 0.6) is 0 Å². The van der Waals surface area contributed by atoms with Crippen LogP contribution in [-0.4, -0.2) is 27.8 Å². The number of rotatable bonds is 6. The molecule has 0 fully saturated rings. The minimum atomic E-state index is -0.233. The molecule has 0 saturated heterocycles. The van der Waals surface area contributed by atoms with Crippen molar-refractivity contribution < 1.29 is 9.59 Å². The molecule has 3 aromatic rings. The largest absolute Gasteiger partial charge is 0.325 e. The fourth-order valence-electron chi connectivity index (χ4n) is 2.23. The SMILES string of the molecule is Cc1ccc(C(=O)Nc2nnc(SCC(=O)Nc3ccc(Br)cc3)s2)cc1C. The molecule has 9 heteroatoms. The Balaban J connectivity index is 1.52. The van der Waals surface area contributed by atoms with Crippen LogP contribution in [0.1, 0.15) is 21.5 Å². The van der Waals surface area contributed by atoms with Gasteiger partial charge in [0.25, 0.3) is 5.91 Å². The Morgan fingerprint density at radius 2 is 1.79 bits per heavy atom. The highest BCUT2D eigenvalue weighted by Gasteiger charge is 2.12. The second-order valence-corrected chi connectivity index (χ2v) is 9.09. The quantitative estimate of drug-likeness (QED) is 0.390. The minimum Gasteiger partial charge on any atom is -0.325 e. The number of hydrogen-bond donors (Lipinski definition) is 2. The summed E-state index contributed by atoms with van der Waals surface area (Å²) in [6.07, 6.45) is 0. The van der Waals surface area contributed by atoms with E-state index in [-0.39, 0.29) is 17.6 Å². The lowest BCUT2D eigenvalue weighted by Crippen LogP contribution is -2.13. The fourth-order valence-corrected chi connectivity index (χ4v) is 4.04. The smallest absolute Gasteiger partial charge is 0.257 e. The lowest BCUT2D eigenvalue weighted by Gasteiger charge is -2.04. The number of nitrogens with zero attached hydrogens (tertiary/aromatic N) is 2. The number of amides is 2. The molecule has 0 aliphatic heterocycles. The molecule has 0 radical (unpaired) electrons. The predicted octanol–water partition coefficient (Wildman–Crippen LogP) is 4.90. The number of nitrogens with one attached hydrogen (secondary N) is 2. The summed E-state index contributed by atoms with van der Waals surface area (Å²) in [7, 11) is 0. The van der Waals surface area contributed by atoms with Crippen LogP contribution in [0.15, 0.2) is 51.3 Å². The van der Waals surface area contributed by atoms with Crippen molar-refractivity contribution in [2.45, 2.75) is 18.2 Å². The molecule has 2 aromatic carbocycles. The van der Waals surface area contributed by atoms with Gasteiger partial charge in [-0.1, -0.05) is 45.1 Å². The van der Waals surface area contributed by atoms with E-state index in [1.807, 2.05) is 50.2 Å². The number of thioether (sulfide) groups is 1. The molecule has 0 saturated carbocycles. The standard InChI is InChI=1S/C19H17BrN4O2S2/c1-11-3-4-13(9-12(11)2)17(26)22-18-23-24-19(28-18)27-10-16(25)21-15-7-5-14(20)6-8-15/h3-9H,10H2,1-2H3,(H,21,25)(H,22,23,26). The number of carbonyl (C=O) groups excluding carboxylic acids is 2. The summed E-state index contributed by atoms with van der Waals surface area (Å²) >= 11 is 5.86. The third kappa shape index (κ3) is 5.63. The normalized spacial score (nSPS) is 10.5. The highest BCUT2D eigenvalue weighted by Crippen LogP contribution is 2.26. The van der Waals surface area contributed by atoms with Crippen LogP contribution in [-0.2, 0) is 4.79 Å². The molecule has 2 amide bonds. The van der Waals surface area contributed by atoms with E-state index in [0.29, 0.717) is 15.0 Å². The van der Waals surface area contributed by atoms with Gasteiger partial charge in [-0.25, -0.2) is 0 Å². The number of aromatic nitrogens is 2. The Morgan fingerprint density at radius 3 is 2.50 bits per heavy atom. The van der Waals surface area contributed by atoms with Gasteiger partial charge >= 0.3 is 0 Å². The van der Waals surface area contributed by atoms with Gasteiger partial charge in [-0.05, 0) is 61.4 Å². The van der Waals surface area contributed by atoms with Gasteiger partial charge in [-0.2, -0.15) is 0 Å². The molecular weight excluding hydrogens is 460 g/mol. The molecule has 28 heavy (non-hydrogen) atoms. The number of anilines is 2. The molecule has 6 nitrogen and oxygen atoms in total. The van der Waals surface area contributed by atoms with E-state index in [9.17, 15) is 9.59 Å². The van der Waals surface area contributed by atoms with Gasteiger partial charge < -0.3 is 5.32 Å². The van der Waals surface area contributed by atoms with Gasteiger partial charge in [0.2, 0.25) is 11.0 Å². The number of benzene rings is 2. The second-order valence-electron chi connectivity index (χ2n) is 5.97. The van der Waals surface area contributed by atoms with Crippen LogP contribution in [0.4, 0.5) is 10.8 Å². The average Bonchev–Trinajstić information content (AvgIpc) is 3.11. The maximum atomic E-state index is 12.3. The van der Waals surface area contributed by atoms with E-state index in [1.165, 1.54) is 23.1 Å². The van der Waals surface area contributed by atoms with Gasteiger partial charge in [0.1, 0.15) is 0 Å². The molecule has 0 aliphatic rings. The van der Waals surface area contributed by atoms with Gasteiger partial charge in [0.05, 0.1) is 5.75 Å². The van der Waals surface area contributed by atoms with Crippen molar-refractivity contribution in [3.8, 4) is 0 Å². The first-order valence-corrected chi connectivity index (χ1v) is 10.9. The molecule has 0 unspecified atom stereocenters. The van der Waals surface area contributed by atoms with Gasteiger partial charge in [0.15, 0.2) is 4.34 Å². The summed E-state index contributed by atoms with van der Waals surface area (Å²) < 4.78 is 1.56. The molecule has 144 valence electrons. The number of carbonyl (C=O) groups is 2. The molecular formula is C19H17BrN4O2S2. The molecule has 1 heterocycles. The Hall–Kier alpha value is -2.23. The summed E-state index contributed by atoms with van der Waals surface area (Å²) in [4.78, 5) is 24.4. The van der Waals surface area contributed by atoms with Crippen molar-refractivity contribution >= 4 is 61.7 Å². The topological polar surface area (TPSA) is 84.0 Å². The van der Waals surface area contributed by atoms with E-state index in [2.05, 4.69) is 36.8 Å². The van der Waals surface area contributed by atoms with Gasteiger partial charge in [-0.3, -0.25) is 14.9 Å². The summed E-state index contributed by atoms with van der Waals surface area (Å²) in [5, 5.41) is 14.0. The Bertz CT molecular complexity index is 1010. The highest BCUT2D eigenvalue weighted by atomic mass is 79.9. The third-order valence-corrected chi connectivity index (χ3v) is 6.35. The molecule has 2 N–H and O–H groups in total. The summed E-state index contributed by atoms with van der Waals surface area (Å²) in [5.41, 5.74) is 3.49. The molecule has 0 atom stereocenters. The van der Waals surface area contributed by atoms with Crippen LogP contribution in [0, 0.1) is 13.8 Å². The summed E-state index contributed by atoms with van der Waals surface area (Å²) in [6.45, 7) is 3.96. The van der Waals surface area contributed by atoms with Gasteiger partial charge in [0, 0.05) is 15.7 Å². The van der Waals surface area contributed by atoms with Crippen LogP contribution >= 0.6 is 39.0 Å². The minimum absolute atomic E-state index is 0.136. The first-order chi connectivity index (χ1) is 13.4. The van der Waals surface area contributed by atoms with Crippen molar-refractivity contribution in [1.29, 1.82) is 0 Å². The first-order valence-electron chi connectivity index (χ1n) is 8.31. The zero-order chi connectivity index (χ0) is 20.1. The van der Waals surface area contributed by atoms with Crippen molar-refractivity contribution in [2.24, 2.45) is 0 Å². The Labute approximate surface area is 179 Å². The van der Waals surface area contributed by atoms with Crippen molar-refractivity contribution in [2.75, 3.05) is 16.4 Å². The molecule has 0 aliphatic carbocycles. The fraction of sp³-hybridized carbons (Fsp3) is 0.158.